The van der Waals surface area contributed by atoms with E-state index in [4.69, 9.17) is 10.5 Å². The van der Waals surface area contributed by atoms with Gasteiger partial charge in [0.25, 0.3) is 10.0 Å². The van der Waals surface area contributed by atoms with Crippen molar-refractivity contribution in [3.05, 3.63) is 17.7 Å². The number of nitrogens with two attached hydrogens (primary N) is 1. The highest BCUT2D eigenvalue weighted by atomic mass is 32.2. The van der Waals surface area contributed by atoms with E-state index in [1.807, 2.05) is 11.6 Å². The molecular weight excluding hydrogens is 294 g/mol. The van der Waals surface area contributed by atoms with E-state index in [0.717, 1.165) is 12.0 Å². The number of hydrogen-bond acceptors (Lipinski definition) is 5. The molecule has 116 valence electrons. The summed E-state index contributed by atoms with van der Waals surface area (Å²) in [5.74, 6) is 0.284. The Bertz CT molecular complexity index is 643. The van der Waals surface area contributed by atoms with E-state index in [9.17, 15) is 13.2 Å². The number of nitrogens with one attached hydrogen (secondary N) is 2. The first-order valence-electron chi connectivity index (χ1n) is 6.80. The highest BCUT2D eigenvalue weighted by molar-refractivity contribution is 7.90. The molecule has 0 spiro atoms. The number of aryl methyl sites for hydroxylation is 1. The molecule has 0 aromatic heterocycles. The van der Waals surface area contributed by atoms with Crippen LogP contribution in [0.25, 0.3) is 0 Å². The van der Waals surface area contributed by atoms with Crippen molar-refractivity contribution in [3.63, 3.8) is 0 Å². The van der Waals surface area contributed by atoms with Crippen LogP contribution >= 0.6 is 0 Å². The van der Waals surface area contributed by atoms with Gasteiger partial charge in [-0.1, -0.05) is 6.92 Å². The maximum atomic E-state index is 12.3. The molecular formula is C13H19N3O4S. The second-order valence-electron chi connectivity index (χ2n) is 4.82. The second-order valence-corrected chi connectivity index (χ2v) is 6.47. The van der Waals surface area contributed by atoms with Crippen LogP contribution in [0.4, 0.5) is 10.5 Å². The average Bonchev–Trinajstić information content (AvgIpc) is 2.43. The molecule has 7 nitrogen and oxygen atoms in total. The van der Waals surface area contributed by atoms with Gasteiger partial charge in [0.1, 0.15) is 10.6 Å². The van der Waals surface area contributed by atoms with Crippen LogP contribution in [0.3, 0.4) is 0 Å². The number of carbonyl (C=O) groups is 1. The lowest BCUT2D eigenvalue weighted by Crippen LogP contribution is -2.40. The fourth-order valence-corrected chi connectivity index (χ4v) is 3.27. The van der Waals surface area contributed by atoms with E-state index < -0.39 is 16.1 Å². The fourth-order valence-electron chi connectivity index (χ4n) is 2.12. The molecule has 2 amide bonds. The first kappa shape index (κ1) is 15.4. The Balaban J connectivity index is 2.31. The normalized spacial score (nSPS) is 14.0. The molecule has 0 unspecified atom stereocenters. The molecule has 8 heteroatoms. The van der Waals surface area contributed by atoms with Crippen molar-refractivity contribution >= 4 is 21.7 Å². The van der Waals surface area contributed by atoms with Crippen LogP contribution in [0.2, 0.25) is 0 Å². The first-order chi connectivity index (χ1) is 9.94. The number of ether oxygens (including phenoxy) is 1. The van der Waals surface area contributed by atoms with Gasteiger partial charge >= 0.3 is 6.03 Å². The molecule has 0 aliphatic carbocycles. The van der Waals surface area contributed by atoms with Crippen LogP contribution in [-0.4, -0.2) is 27.6 Å². The van der Waals surface area contributed by atoms with Crippen molar-refractivity contribution in [1.82, 2.24) is 10.0 Å². The van der Waals surface area contributed by atoms with Crippen LogP contribution < -0.4 is 20.5 Å². The number of anilines is 1. The predicted octanol–water partition coefficient (Wildman–Crippen LogP) is 0.992. The lowest BCUT2D eigenvalue weighted by Gasteiger charge is -2.21. The van der Waals surface area contributed by atoms with E-state index in [0.29, 0.717) is 31.7 Å². The van der Waals surface area contributed by atoms with Gasteiger partial charge < -0.3 is 15.8 Å². The number of nitrogen functional groups attached to an aromatic ring is 1. The number of fused-ring (bicyclic) bond motifs is 1. The Labute approximate surface area is 123 Å². The fraction of sp³-hybridized carbons (Fsp3) is 0.462. The average molecular weight is 313 g/mol. The van der Waals surface area contributed by atoms with E-state index in [1.54, 1.807) is 6.07 Å². The summed E-state index contributed by atoms with van der Waals surface area (Å²) >= 11 is 0. The first-order valence-corrected chi connectivity index (χ1v) is 8.28. The van der Waals surface area contributed by atoms with Crippen LogP contribution in [-0.2, 0) is 16.4 Å². The van der Waals surface area contributed by atoms with E-state index in [1.165, 1.54) is 6.07 Å². The summed E-state index contributed by atoms with van der Waals surface area (Å²) in [5, 5.41) is 2.45. The minimum atomic E-state index is -4.02. The Morgan fingerprint density at radius 3 is 2.90 bits per heavy atom. The van der Waals surface area contributed by atoms with Crippen molar-refractivity contribution in [1.29, 1.82) is 0 Å². The number of carbonyl (C=O) groups excluding carboxylic acids is 1. The molecule has 0 fully saturated rings. The Kier molecular flexibility index (Phi) is 4.56. The maximum absolute atomic E-state index is 12.3. The van der Waals surface area contributed by atoms with Gasteiger partial charge in [-0.2, -0.15) is 0 Å². The molecule has 4 N–H and O–H groups in total. The maximum Gasteiger partial charge on any atom is 0.328 e. The van der Waals surface area contributed by atoms with Gasteiger partial charge in [-0.3, -0.25) is 0 Å². The molecule has 0 bridgehead atoms. The lowest BCUT2D eigenvalue weighted by molar-refractivity contribution is 0.245. The summed E-state index contributed by atoms with van der Waals surface area (Å²) in [5.41, 5.74) is 6.82. The van der Waals surface area contributed by atoms with Gasteiger partial charge in [-0.15, -0.1) is 0 Å². The largest absolute Gasteiger partial charge is 0.492 e. The third-order valence-electron chi connectivity index (χ3n) is 3.04. The van der Waals surface area contributed by atoms with Gasteiger partial charge in [0.05, 0.1) is 6.61 Å². The zero-order chi connectivity index (χ0) is 15.5. The summed E-state index contributed by atoms with van der Waals surface area (Å²) in [6.07, 6.45) is 2.22. The monoisotopic (exact) mass is 313 g/mol. The van der Waals surface area contributed by atoms with Crippen LogP contribution in [0.15, 0.2) is 17.0 Å². The molecule has 1 aromatic carbocycles. The van der Waals surface area contributed by atoms with Gasteiger partial charge in [0, 0.05) is 12.2 Å². The van der Waals surface area contributed by atoms with Crippen molar-refractivity contribution in [2.45, 2.75) is 31.1 Å². The standard InChI is InChI=1S/C13H19N3O4S/c1-2-5-15-13(17)16-21(18,19)11-8-10(14)7-9-4-3-6-20-12(9)11/h7-8H,2-6,14H2,1H3,(H2,15,16,17). The smallest absolute Gasteiger partial charge is 0.328 e. The van der Waals surface area contributed by atoms with E-state index in [-0.39, 0.29) is 10.6 Å². The SMILES string of the molecule is CCCNC(=O)NS(=O)(=O)c1cc(N)cc2c1OCCC2. The zero-order valence-corrected chi connectivity index (χ0v) is 12.6. The number of sulfonamides is 1. The number of urea groups is 1. The number of hydrogen-bond donors (Lipinski definition) is 3. The second kappa shape index (κ2) is 6.21. The molecule has 1 aromatic rings. The van der Waals surface area contributed by atoms with Crippen molar-refractivity contribution in [2.24, 2.45) is 0 Å². The number of rotatable bonds is 4. The van der Waals surface area contributed by atoms with Gasteiger partial charge in [0.15, 0.2) is 0 Å². The predicted molar refractivity (Wildman–Crippen MR) is 78.7 cm³/mol. The molecule has 1 aliphatic heterocycles. The summed E-state index contributed by atoms with van der Waals surface area (Å²) in [4.78, 5) is 11.5. The highest BCUT2D eigenvalue weighted by Crippen LogP contribution is 2.34. The summed E-state index contributed by atoms with van der Waals surface area (Å²) < 4.78 is 32.1. The topological polar surface area (TPSA) is 111 Å². The van der Waals surface area contributed by atoms with Crippen molar-refractivity contribution in [3.8, 4) is 5.75 Å². The van der Waals surface area contributed by atoms with Gasteiger partial charge in [-0.25, -0.2) is 17.9 Å². The summed E-state index contributed by atoms with van der Waals surface area (Å²) in [7, 11) is -4.02. The Morgan fingerprint density at radius 1 is 1.43 bits per heavy atom. The van der Waals surface area contributed by atoms with Crippen LogP contribution in [0.5, 0.6) is 5.75 Å². The number of amides is 2. The van der Waals surface area contributed by atoms with E-state index in [2.05, 4.69) is 5.32 Å². The molecule has 0 radical (unpaired) electrons. The third-order valence-corrected chi connectivity index (χ3v) is 4.38. The van der Waals surface area contributed by atoms with Crippen LogP contribution in [0.1, 0.15) is 25.3 Å². The van der Waals surface area contributed by atoms with Crippen molar-refractivity contribution < 1.29 is 17.9 Å². The molecule has 2 rings (SSSR count). The van der Waals surface area contributed by atoms with Crippen LogP contribution in [0, 0.1) is 0 Å². The summed E-state index contributed by atoms with van der Waals surface area (Å²) in [6.45, 7) is 2.71. The quantitative estimate of drug-likeness (QED) is 0.718. The molecule has 1 heterocycles. The molecule has 21 heavy (non-hydrogen) atoms. The van der Waals surface area contributed by atoms with Crippen molar-refractivity contribution in [2.75, 3.05) is 18.9 Å². The van der Waals surface area contributed by atoms with Gasteiger partial charge in [-0.05, 0) is 37.0 Å². The zero-order valence-electron chi connectivity index (χ0n) is 11.8. The minimum Gasteiger partial charge on any atom is -0.492 e. The Hall–Kier alpha value is -1.96. The molecule has 0 saturated carbocycles. The lowest BCUT2D eigenvalue weighted by atomic mass is 10.1. The molecule has 0 saturated heterocycles. The minimum absolute atomic E-state index is 0.0937. The Morgan fingerprint density at radius 2 is 2.19 bits per heavy atom. The highest BCUT2D eigenvalue weighted by Gasteiger charge is 2.26. The summed E-state index contributed by atoms with van der Waals surface area (Å²) in [6, 6.07) is 2.24. The molecule has 0 atom stereocenters. The van der Waals surface area contributed by atoms with E-state index >= 15 is 0 Å². The molecule has 1 aliphatic rings. The van der Waals surface area contributed by atoms with Gasteiger partial charge in [0.2, 0.25) is 0 Å². The number of benzene rings is 1. The third kappa shape index (κ3) is 3.57.